The van der Waals surface area contributed by atoms with Crippen molar-refractivity contribution < 1.29 is 19.1 Å². The lowest BCUT2D eigenvalue weighted by Gasteiger charge is -2.23. The second-order valence-corrected chi connectivity index (χ2v) is 4.65. The summed E-state index contributed by atoms with van der Waals surface area (Å²) in [6.45, 7) is 6.76. The molecule has 1 saturated heterocycles. The van der Waals surface area contributed by atoms with Gasteiger partial charge in [-0.3, -0.25) is 14.5 Å². The van der Waals surface area contributed by atoms with Gasteiger partial charge in [0.05, 0.1) is 6.10 Å². The van der Waals surface area contributed by atoms with Crippen LogP contribution in [0, 0.1) is 0 Å². The van der Waals surface area contributed by atoms with E-state index < -0.39 is 17.5 Å². The average molecular weight is 256 g/mol. The van der Waals surface area contributed by atoms with Crippen LogP contribution in [0.25, 0.3) is 0 Å². The molecule has 102 valence electrons. The molecule has 1 rings (SSSR count). The first-order valence-corrected chi connectivity index (χ1v) is 6.20. The van der Waals surface area contributed by atoms with E-state index in [0.29, 0.717) is 12.8 Å². The van der Waals surface area contributed by atoms with E-state index in [9.17, 15) is 14.4 Å². The Morgan fingerprint density at radius 1 is 1.33 bits per heavy atom. The van der Waals surface area contributed by atoms with Crippen molar-refractivity contribution in [3.05, 3.63) is 0 Å². The van der Waals surface area contributed by atoms with Gasteiger partial charge >= 0.3 is 12.0 Å². The molecule has 0 atom stereocenters. The second kappa shape index (κ2) is 5.37. The summed E-state index contributed by atoms with van der Waals surface area (Å²) in [5.74, 6) is -0.922. The number of urea groups is 1. The summed E-state index contributed by atoms with van der Waals surface area (Å²) in [5.41, 5.74) is -0.866. The molecule has 3 amide bonds. The van der Waals surface area contributed by atoms with E-state index in [0.717, 1.165) is 4.90 Å². The molecule has 0 aromatic heterocycles. The lowest BCUT2D eigenvalue weighted by atomic mass is 9.93. The normalized spacial score (nSPS) is 18.2. The number of amides is 3. The maximum absolute atomic E-state index is 12.2. The van der Waals surface area contributed by atoms with Crippen LogP contribution in [0.1, 0.15) is 40.5 Å². The summed E-state index contributed by atoms with van der Waals surface area (Å²) < 4.78 is 4.93. The van der Waals surface area contributed by atoms with E-state index in [1.54, 1.807) is 13.8 Å². The summed E-state index contributed by atoms with van der Waals surface area (Å²) in [5, 5.41) is 2.65. The highest BCUT2D eigenvalue weighted by atomic mass is 16.5. The van der Waals surface area contributed by atoms with Gasteiger partial charge in [-0.05, 0) is 26.7 Å². The first-order chi connectivity index (χ1) is 8.36. The third kappa shape index (κ3) is 2.63. The predicted molar refractivity (Wildman–Crippen MR) is 64.8 cm³/mol. The zero-order valence-corrected chi connectivity index (χ0v) is 11.3. The molecule has 0 spiro atoms. The third-order valence-corrected chi connectivity index (χ3v) is 3.11. The number of ether oxygens (including phenoxy) is 1. The Hall–Kier alpha value is -1.59. The third-order valence-electron chi connectivity index (χ3n) is 3.11. The second-order valence-electron chi connectivity index (χ2n) is 4.65. The van der Waals surface area contributed by atoms with Gasteiger partial charge in [0.25, 0.3) is 5.91 Å². The molecule has 0 saturated carbocycles. The molecule has 1 aliphatic heterocycles. The van der Waals surface area contributed by atoms with Crippen molar-refractivity contribution in [3.8, 4) is 0 Å². The smallest absolute Gasteiger partial charge is 0.326 e. The number of rotatable bonds is 5. The zero-order valence-electron chi connectivity index (χ0n) is 11.3. The SMILES string of the molecule is CCC1(CC)NC(=O)N(CC(=O)OC(C)C)C1=O. The fraction of sp³-hybridized carbons (Fsp3) is 0.750. The van der Waals surface area contributed by atoms with Crippen molar-refractivity contribution >= 4 is 17.9 Å². The van der Waals surface area contributed by atoms with Crippen LogP contribution in [0.4, 0.5) is 4.79 Å². The minimum Gasteiger partial charge on any atom is -0.462 e. The number of imide groups is 1. The molecule has 0 aliphatic carbocycles. The predicted octanol–water partition coefficient (Wildman–Crippen LogP) is 1.05. The molecule has 18 heavy (non-hydrogen) atoms. The molecule has 1 fully saturated rings. The monoisotopic (exact) mass is 256 g/mol. The average Bonchev–Trinajstić information content (AvgIpc) is 2.53. The van der Waals surface area contributed by atoms with Gasteiger partial charge in [0.15, 0.2) is 0 Å². The van der Waals surface area contributed by atoms with E-state index in [1.165, 1.54) is 0 Å². The van der Waals surface area contributed by atoms with Crippen molar-refractivity contribution in [2.45, 2.75) is 52.2 Å². The van der Waals surface area contributed by atoms with Crippen LogP contribution in [0.3, 0.4) is 0 Å². The standard InChI is InChI=1S/C12H20N2O4/c1-5-12(6-2)10(16)14(11(17)13-12)7-9(15)18-8(3)4/h8H,5-7H2,1-4H3,(H,13,17). The van der Waals surface area contributed by atoms with Gasteiger partial charge in [0.2, 0.25) is 0 Å². The van der Waals surface area contributed by atoms with E-state index >= 15 is 0 Å². The zero-order chi connectivity index (χ0) is 13.9. The van der Waals surface area contributed by atoms with Crippen molar-refractivity contribution in [1.82, 2.24) is 10.2 Å². The molecule has 1 heterocycles. The van der Waals surface area contributed by atoms with E-state index in [-0.39, 0.29) is 18.6 Å². The van der Waals surface area contributed by atoms with Crippen LogP contribution in [0.15, 0.2) is 0 Å². The highest BCUT2D eigenvalue weighted by molar-refractivity contribution is 6.08. The van der Waals surface area contributed by atoms with E-state index in [1.807, 2.05) is 13.8 Å². The molecule has 6 nitrogen and oxygen atoms in total. The van der Waals surface area contributed by atoms with Crippen LogP contribution >= 0.6 is 0 Å². The first-order valence-electron chi connectivity index (χ1n) is 6.20. The molecule has 1 aliphatic rings. The Labute approximate surface area is 107 Å². The van der Waals surface area contributed by atoms with E-state index in [4.69, 9.17) is 4.74 Å². The highest BCUT2D eigenvalue weighted by Crippen LogP contribution is 2.24. The molecule has 0 aromatic carbocycles. The summed E-state index contributed by atoms with van der Waals surface area (Å²) in [7, 11) is 0. The fourth-order valence-corrected chi connectivity index (χ4v) is 1.98. The van der Waals surface area contributed by atoms with Crippen molar-refractivity contribution in [1.29, 1.82) is 0 Å². The number of carbonyl (C=O) groups excluding carboxylic acids is 3. The van der Waals surface area contributed by atoms with Crippen LogP contribution < -0.4 is 5.32 Å². The Morgan fingerprint density at radius 3 is 2.28 bits per heavy atom. The Kier molecular flexibility index (Phi) is 4.32. The van der Waals surface area contributed by atoms with E-state index in [2.05, 4.69) is 5.32 Å². The molecule has 6 heteroatoms. The van der Waals surface area contributed by atoms with Gasteiger partial charge in [-0.1, -0.05) is 13.8 Å². The van der Waals surface area contributed by atoms with Gasteiger partial charge in [-0.25, -0.2) is 4.79 Å². The molecular weight excluding hydrogens is 236 g/mol. The number of nitrogens with zero attached hydrogens (tertiary/aromatic N) is 1. The van der Waals surface area contributed by atoms with Crippen molar-refractivity contribution in [2.24, 2.45) is 0 Å². The topological polar surface area (TPSA) is 75.7 Å². The van der Waals surface area contributed by atoms with Crippen molar-refractivity contribution in [3.63, 3.8) is 0 Å². The molecule has 0 radical (unpaired) electrons. The fourth-order valence-electron chi connectivity index (χ4n) is 1.98. The van der Waals surface area contributed by atoms with Crippen LogP contribution in [-0.4, -0.2) is 41.0 Å². The summed E-state index contributed by atoms with van der Waals surface area (Å²) in [6.07, 6.45) is 0.744. The molecule has 0 unspecified atom stereocenters. The Bertz CT molecular complexity index is 361. The summed E-state index contributed by atoms with van der Waals surface area (Å²) >= 11 is 0. The minimum absolute atomic E-state index is 0.264. The largest absolute Gasteiger partial charge is 0.462 e. The van der Waals surface area contributed by atoms with Crippen LogP contribution in [0.2, 0.25) is 0 Å². The number of hydrogen-bond acceptors (Lipinski definition) is 4. The highest BCUT2D eigenvalue weighted by Gasteiger charge is 2.49. The lowest BCUT2D eigenvalue weighted by molar-refractivity contribution is -0.151. The number of nitrogens with one attached hydrogen (secondary N) is 1. The van der Waals surface area contributed by atoms with Gasteiger partial charge in [0.1, 0.15) is 12.1 Å². The number of hydrogen-bond donors (Lipinski definition) is 1. The maximum atomic E-state index is 12.2. The molecular formula is C12H20N2O4. The van der Waals surface area contributed by atoms with Crippen LogP contribution in [0.5, 0.6) is 0 Å². The molecule has 0 bridgehead atoms. The minimum atomic E-state index is -0.866. The molecule has 0 aromatic rings. The Balaban J connectivity index is 2.76. The first kappa shape index (κ1) is 14.5. The Morgan fingerprint density at radius 2 is 1.89 bits per heavy atom. The lowest BCUT2D eigenvalue weighted by Crippen LogP contribution is -2.46. The summed E-state index contributed by atoms with van der Waals surface area (Å²) in [6, 6.07) is -0.524. The quantitative estimate of drug-likeness (QED) is 0.589. The van der Waals surface area contributed by atoms with Gasteiger partial charge in [0, 0.05) is 0 Å². The van der Waals surface area contributed by atoms with Gasteiger partial charge < -0.3 is 10.1 Å². The van der Waals surface area contributed by atoms with Gasteiger partial charge in [-0.2, -0.15) is 0 Å². The summed E-state index contributed by atoms with van der Waals surface area (Å²) in [4.78, 5) is 36.3. The van der Waals surface area contributed by atoms with Crippen LogP contribution in [-0.2, 0) is 14.3 Å². The molecule has 1 N–H and O–H groups in total. The maximum Gasteiger partial charge on any atom is 0.326 e. The number of esters is 1. The number of carbonyl (C=O) groups is 3. The van der Waals surface area contributed by atoms with Gasteiger partial charge in [-0.15, -0.1) is 0 Å². The van der Waals surface area contributed by atoms with Crippen molar-refractivity contribution in [2.75, 3.05) is 6.54 Å².